The van der Waals surface area contributed by atoms with Gasteiger partial charge in [0.1, 0.15) is 10.6 Å². The number of carbonyl (C=O) groups is 2. The Labute approximate surface area is 211 Å². The van der Waals surface area contributed by atoms with Gasteiger partial charge in [-0.1, -0.05) is 90.1 Å². The average Bonchev–Trinajstić information content (AvgIpc) is 3.11. The highest BCUT2D eigenvalue weighted by molar-refractivity contribution is 8.04. The quantitative estimate of drug-likeness (QED) is 0.457. The first-order valence-corrected chi connectivity index (χ1v) is 12.8. The van der Waals surface area contributed by atoms with E-state index in [9.17, 15) is 9.59 Å². The number of aryl methyl sites for hydroxylation is 1. The number of nitrogens with zero attached hydrogens (tertiary/aromatic N) is 3. The van der Waals surface area contributed by atoms with Crippen LogP contribution in [0.2, 0.25) is 0 Å². The Morgan fingerprint density at radius 3 is 1.86 bits per heavy atom. The summed E-state index contributed by atoms with van der Waals surface area (Å²) in [6, 6.07) is 28.3. The van der Waals surface area contributed by atoms with Crippen LogP contribution in [0.3, 0.4) is 0 Å². The Balaban J connectivity index is 1.37. The van der Waals surface area contributed by atoms with Gasteiger partial charge in [0.25, 0.3) is 11.8 Å². The van der Waals surface area contributed by atoms with Gasteiger partial charge in [0.05, 0.1) is 6.54 Å². The maximum Gasteiger partial charge on any atom is 0.278 e. The van der Waals surface area contributed by atoms with Crippen molar-refractivity contribution in [1.82, 2.24) is 14.7 Å². The zero-order chi connectivity index (χ0) is 24.2. The highest BCUT2D eigenvalue weighted by Crippen LogP contribution is 2.37. The fourth-order valence-corrected chi connectivity index (χ4v) is 5.54. The number of rotatable bonds is 7. The van der Waals surface area contributed by atoms with Crippen molar-refractivity contribution in [2.75, 3.05) is 26.2 Å². The van der Waals surface area contributed by atoms with Crippen LogP contribution < -0.4 is 0 Å². The molecule has 2 heterocycles. The molecule has 2 amide bonds. The van der Waals surface area contributed by atoms with E-state index >= 15 is 0 Å². The first-order chi connectivity index (χ1) is 17.1. The Kier molecular flexibility index (Phi) is 7.02. The second kappa shape index (κ2) is 10.5. The summed E-state index contributed by atoms with van der Waals surface area (Å²) in [5, 5.41) is 0. The van der Waals surface area contributed by atoms with Gasteiger partial charge in [0.15, 0.2) is 0 Å². The third kappa shape index (κ3) is 5.34. The molecule has 0 radical (unpaired) electrons. The number of hydrogen-bond donors (Lipinski definition) is 0. The Morgan fingerprint density at radius 2 is 1.26 bits per heavy atom. The summed E-state index contributed by atoms with van der Waals surface area (Å²) in [5.41, 5.74) is 3.95. The van der Waals surface area contributed by atoms with Gasteiger partial charge >= 0.3 is 0 Å². The summed E-state index contributed by atoms with van der Waals surface area (Å²) in [7, 11) is 0. The number of amides is 2. The first kappa shape index (κ1) is 23.4. The van der Waals surface area contributed by atoms with E-state index in [0.29, 0.717) is 10.6 Å². The third-order valence-corrected chi connectivity index (χ3v) is 7.54. The van der Waals surface area contributed by atoms with Crippen molar-refractivity contribution in [1.29, 1.82) is 0 Å². The smallest absolute Gasteiger partial charge is 0.278 e. The lowest BCUT2D eigenvalue weighted by Gasteiger charge is -2.36. The summed E-state index contributed by atoms with van der Waals surface area (Å²) in [5.74, 6) is -0.392. The van der Waals surface area contributed by atoms with Crippen molar-refractivity contribution in [2.45, 2.75) is 24.9 Å². The van der Waals surface area contributed by atoms with Gasteiger partial charge < -0.3 is 4.90 Å². The molecule has 0 spiro atoms. The molecule has 0 aliphatic carbocycles. The van der Waals surface area contributed by atoms with E-state index in [-0.39, 0.29) is 18.4 Å². The van der Waals surface area contributed by atoms with Crippen LogP contribution in [0.1, 0.15) is 16.7 Å². The van der Waals surface area contributed by atoms with Crippen molar-refractivity contribution in [2.24, 2.45) is 0 Å². The normalized spacial score (nSPS) is 16.9. The summed E-state index contributed by atoms with van der Waals surface area (Å²) in [6.45, 7) is 6.36. The lowest BCUT2D eigenvalue weighted by atomic mass is 10.2. The van der Waals surface area contributed by atoms with Gasteiger partial charge in [-0.05, 0) is 30.2 Å². The lowest BCUT2D eigenvalue weighted by molar-refractivity contribution is -0.138. The number of piperazine rings is 1. The van der Waals surface area contributed by atoms with E-state index in [1.165, 1.54) is 22.2 Å². The van der Waals surface area contributed by atoms with Crippen LogP contribution in [-0.2, 0) is 22.7 Å². The second-order valence-corrected chi connectivity index (χ2v) is 10.1. The van der Waals surface area contributed by atoms with Crippen molar-refractivity contribution in [3.63, 3.8) is 0 Å². The van der Waals surface area contributed by atoms with E-state index in [1.54, 1.807) is 0 Å². The molecular formula is C29H29N3O2S. The molecule has 1 fully saturated rings. The molecule has 1 saturated heterocycles. The Hall–Kier alpha value is -3.35. The first-order valence-electron chi connectivity index (χ1n) is 12.0. The van der Waals surface area contributed by atoms with Crippen LogP contribution in [0, 0.1) is 6.92 Å². The maximum atomic E-state index is 13.6. The Morgan fingerprint density at radius 1 is 0.686 bits per heavy atom. The van der Waals surface area contributed by atoms with Crippen molar-refractivity contribution in [3.05, 3.63) is 112 Å². The van der Waals surface area contributed by atoms with Gasteiger partial charge in [-0.25, -0.2) is 0 Å². The molecule has 0 bridgehead atoms. The number of hydrogen-bond acceptors (Lipinski definition) is 5. The summed E-state index contributed by atoms with van der Waals surface area (Å²) >= 11 is 1.40. The van der Waals surface area contributed by atoms with Gasteiger partial charge in [0, 0.05) is 37.6 Å². The highest BCUT2D eigenvalue weighted by Gasteiger charge is 2.42. The zero-order valence-corrected chi connectivity index (χ0v) is 20.7. The SMILES string of the molecule is Cc1ccc(SC2=C(N3CCN(Cc4ccccc4)CC3)C(=O)N(Cc3ccccc3)C2=O)cc1. The molecule has 0 aromatic heterocycles. The molecule has 35 heavy (non-hydrogen) atoms. The fourth-order valence-electron chi connectivity index (χ4n) is 4.52. The number of thioether (sulfide) groups is 1. The molecule has 3 aromatic rings. The van der Waals surface area contributed by atoms with Crippen LogP contribution in [0.4, 0.5) is 0 Å². The van der Waals surface area contributed by atoms with Crippen LogP contribution in [0.5, 0.6) is 0 Å². The Bertz CT molecular complexity index is 1220. The van der Waals surface area contributed by atoms with Gasteiger partial charge in [-0.3, -0.25) is 19.4 Å². The maximum absolute atomic E-state index is 13.6. The monoisotopic (exact) mass is 483 g/mol. The predicted molar refractivity (Wildman–Crippen MR) is 139 cm³/mol. The van der Waals surface area contributed by atoms with Crippen molar-refractivity contribution in [3.8, 4) is 0 Å². The molecule has 0 unspecified atom stereocenters. The molecule has 0 saturated carbocycles. The topological polar surface area (TPSA) is 43.9 Å². The highest BCUT2D eigenvalue weighted by atomic mass is 32.2. The minimum absolute atomic E-state index is 0.190. The van der Waals surface area contributed by atoms with Crippen molar-refractivity contribution >= 4 is 23.6 Å². The van der Waals surface area contributed by atoms with E-state index in [4.69, 9.17) is 0 Å². The van der Waals surface area contributed by atoms with Crippen molar-refractivity contribution < 1.29 is 9.59 Å². The van der Waals surface area contributed by atoms with Crippen LogP contribution in [0.15, 0.2) is 100 Å². The molecule has 0 N–H and O–H groups in total. The molecule has 2 aliphatic rings. The minimum atomic E-state index is -0.203. The zero-order valence-electron chi connectivity index (χ0n) is 19.9. The van der Waals surface area contributed by atoms with E-state index in [1.807, 2.05) is 67.6 Å². The number of carbonyl (C=O) groups excluding carboxylic acids is 2. The molecule has 2 aliphatic heterocycles. The molecule has 6 heteroatoms. The third-order valence-electron chi connectivity index (χ3n) is 6.46. The van der Waals surface area contributed by atoms with Gasteiger partial charge in [-0.15, -0.1) is 0 Å². The van der Waals surface area contributed by atoms with E-state index in [0.717, 1.165) is 48.7 Å². The molecule has 5 nitrogen and oxygen atoms in total. The number of imide groups is 1. The van der Waals surface area contributed by atoms with E-state index in [2.05, 4.69) is 34.1 Å². The molecule has 5 rings (SSSR count). The summed E-state index contributed by atoms with van der Waals surface area (Å²) in [4.78, 5) is 34.6. The predicted octanol–water partition coefficient (Wildman–Crippen LogP) is 4.69. The molecule has 3 aromatic carbocycles. The summed E-state index contributed by atoms with van der Waals surface area (Å²) < 4.78 is 0. The largest absolute Gasteiger partial charge is 0.363 e. The second-order valence-electron chi connectivity index (χ2n) is 9.02. The molecule has 178 valence electrons. The fraction of sp³-hybridized carbons (Fsp3) is 0.241. The van der Waals surface area contributed by atoms with E-state index < -0.39 is 0 Å². The lowest BCUT2D eigenvalue weighted by Crippen LogP contribution is -2.47. The standard InChI is InChI=1S/C29H29N3O2S/c1-22-12-14-25(15-13-22)35-27-26(28(33)32(29(27)34)21-24-10-6-3-7-11-24)31-18-16-30(17-19-31)20-23-8-4-2-5-9-23/h2-15H,16-21H2,1H3. The molecular weight excluding hydrogens is 454 g/mol. The average molecular weight is 484 g/mol. The molecule has 0 atom stereocenters. The minimum Gasteiger partial charge on any atom is -0.363 e. The van der Waals surface area contributed by atoms with Crippen LogP contribution in [-0.4, -0.2) is 52.7 Å². The summed E-state index contributed by atoms with van der Waals surface area (Å²) in [6.07, 6.45) is 0. The van der Waals surface area contributed by atoms with Crippen LogP contribution in [0.25, 0.3) is 0 Å². The van der Waals surface area contributed by atoms with Gasteiger partial charge in [0.2, 0.25) is 0 Å². The number of benzene rings is 3. The van der Waals surface area contributed by atoms with Gasteiger partial charge in [-0.2, -0.15) is 0 Å². The van der Waals surface area contributed by atoms with Crippen LogP contribution >= 0.6 is 11.8 Å².